The van der Waals surface area contributed by atoms with Crippen LogP contribution in [0, 0.1) is 15.9 Å². The van der Waals surface area contributed by atoms with E-state index in [-0.39, 0.29) is 15.7 Å². The summed E-state index contributed by atoms with van der Waals surface area (Å²) in [5.41, 5.74) is -0.679. The first-order valence-electron chi connectivity index (χ1n) is 4.28. The zero-order valence-electron chi connectivity index (χ0n) is 8.61. The quantitative estimate of drug-likeness (QED) is 0.367. The van der Waals surface area contributed by atoms with E-state index in [9.17, 15) is 19.3 Å². The van der Waals surface area contributed by atoms with Crippen LogP contribution in [0.2, 0.25) is 5.02 Å². The summed E-state index contributed by atoms with van der Waals surface area (Å²) in [7, 11) is 1.22. The topological polar surface area (TPSA) is 69.4 Å². The number of nitrogens with zero attached hydrogens (tertiary/aromatic N) is 1. The number of rotatable bonds is 4. The molecule has 0 bridgehead atoms. The van der Waals surface area contributed by atoms with Crippen LogP contribution < -0.4 is 0 Å². The standard InChI is InChI=1S/C9H7ClFNO4S/c1-16-9(13)4-17-8-3-7(12(14)15)6(11)2-5(8)10/h2-3H,4H2,1H3. The number of carbonyl (C=O) groups is 1. The predicted molar refractivity (Wildman–Crippen MR) is 60.8 cm³/mol. The van der Waals surface area contributed by atoms with Crippen molar-refractivity contribution in [3.05, 3.63) is 33.1 Å². The molecule has 0 radical (unpaired) electrons. The molecule has 0 aliphatic carbocycles. The fraction of sp³-hybridized carbons (Fsp3) is 0.222. The summed E-state index contributed by atoms with van der Waals surface area (Å²) in [5.74, 6) is -1.57. The SMILES string of the molecule is COC(=O)CSc1cc([N+](=O)[O-])c(F)cc1Cl. The van der Waals surface area contributed by atoms with Gasteiger partial charge in [-0.15, -0.1) is 11.8 Å². The Balaban J connectivity index is 2.96. The van der Waals surface area contributed by atoms with Gasteiger partial charge >= 0.3 is 11.7 Å². The molecule has 92 valence electrons. The van der Waals surface area contributed by atoms with Gasteiger partial charge in [-0.05, 0) is 0 Å². The van der Waals surface area contributed by atoms with Crippen molar-refractivity contribution in [3.63, 3.8) is 0 Å². The molecule has 17 heavy (non-hydrogen) atoms. The monoisotopic (exact) mass is 279 g/mol. The van der Waals surface area contributed by atoms with Crippen molar-refractivity contribution in [1.29, 1.82) is 0 Å². The molecule has 5 nitrogen and oxygen atoms in total. The Bertz CT molecular complexity index is 469. The number of ether oxygens (including phenoxy) is 1. The molecule has 0 saturated carbocycles. The van der Waals surface area contributed by atoms with E-state index in [4.69, 9.17) is 11.6 Å². The van der Waals surface area contributed by atoms with Crippen molar-refractivity contribution in [2.45, 2.75) is 4.90 Å². The largest absolute Gasteiger partial charge is 0.468 e. The number of thioether (sulfide) groups is 1. The second-order valence-electron chi connectivity index (χ2n) is 2.86. The molecule has 0 heterocycles. The number of benzene rings is 1. The Hall–Kier alpha value is -1.34. The van der Waals surface area contributed by atoms with Crippen LogP contribution in [0.3, 0.4) is 0 Å². The van der Waals surface area contributed by atoms with Crippen LogP contribution in [0.1, 0.15) is 0 Å². The molecule has 0 N–H and O–H groups in total. The number of methoxy groups -OCH3 is 1. The molecule has 1 rings (SSSR count). The van der Waals surface area contributed by atoms with Crippen LogP contribution in [0.4, 0.5) is 10.1 Å². The summed E-state index contributed by atoms with van der Waals surface area (Å²) >= 11 is 6.64. The molecular formula is C9H7ClFNO4S. The summed E-state index contributed by atoms with van der Waals surface area (Å²) in [5, 5.41) is 10.5. The molecule has 0 unspecified atom stereocenters. The first kappa shape index (κ1) is 13.7. The van der Waals surface area contributed by atoms with Crippen molar-refractivity contribution in [1.82, 2.24) is 0 Å². The van der Waals surface area contributed by atoms with E-state index >= 15 is 0 Å². The zero-order chi connectivity index (χ0) is 13.0. The van der Waals surface area contributed by atoms with Gasteiger partial charge in [0.05, 0.1) is 22.8 Å². The van der Waals surface area contributed by atoms with Crippen molar-refractivity contribution < 1.29 is 18.8 Å². The lowest BCUT2D eigenvalue weighted by Gasteiger charge is -2.03. The number of hydrogen-bond acceptors (Lipinski definition) is 5. The van der Waals surface area contributed by atoms with Crippen LogP contribution in [0.25, 0.3) is 0 Å². The molecule has 0 fully saturated rings. The number of halogens is 2. The van der Waals surface area contributed by atoms with Crippen LogP contribution in [0.15, 0.2) is 17.0 Å². The molecule has 0 aromatic heterocycles. The minimum absolute atomic E-state index is 0.0157. The van der Waals surface area contributed by atoms with Gasteiger partial charge < -0.3 is 4.74 Å². The van der Waals surface area contributed by atoms with Gasteiger partial charge in [-0.2, -0.15) is 4.39 Å². The van der Waals surface area contributed by atoms with E-state index in [1.54, 1.807) is 0 Å². The fourth-order valence-electron chi connectivity index (χ4n) is 0.965. The second-order valence-corrected chi connectivity index (χ2v) is 4.28. The van der Waals surface area contributed by atoms with Gasteiger partial charge in [-0.3, -0.25) is 14.9 Å². The highest BCUT2D eigenvalue weighted by Gasteiger charge is 2.18. The van der Waals surface area contributed by atoms with E-state index < -0.39 is 22.4 Å². The first-order valence-corrected chi connectivity index (χ1v) is 5.65. The van der Waals surface area contributed by atoms with Crippen LogP contribution in [-0.4, -0.2) is 23.8 Å². The highest BCUT2D eigenvalue weighted by atomic mass is 35.5. The van der Waals surface area contributed by atoms with E-state index in [1.165, 1.54) is 7.11 Å². The van der Waals surface area contributed by atoms with Crippen LogP contribution in [-0.2, 0) is 9.53 Å². The van der Waals surface area contributed by atoms with Gasteiger partial charge in [-0.1, -0.05) is 11.6 Å². The minimum atomic E-state index is -1.01. The fourth-order valence-corrected chi connectivity index (χ4v) is 2.06. The maximum atomic E-state index is 13.1. The Morgan fingerprint density at radius 1 is 1.65 bits per heavy atom. The van der Waals surface area contributed by atoms with Crippen molar-refractivity contribution in [2.24, 2.45) is 0 Å². The lowest BCUT2D eigenvalue weighted by molar-refractivity contribution is -0.387. The number of nitro groups is 1. The summed E-state index contributed by atoms with van der Waals surface area (Å²) in [6.07, 6.45) is 0. The molecule has 0 saturated heterocycles. The Kier molecular flexibility index (Phi) is 4.71. The zero-order valence-corrected chi connectivity index (χ0v) is 10.2. The third kappa shape index (κ3) is 3.57. The molecule has 1 aromatic rings. The highest BCUT2D eigenvalue weighted by Crippen LogP contribution is 2.32. The third-order valence-electron chi connectivity index (χ3n) is 1.77. The Labute approximate surface area is 105 Å². The van der Waals surface area contributed by atoms with E-state index in [0.717, 1.165) is 23.9 Å². The Morgan fingerprint density at radius 3 is 2.82 bits per heavy atom. The maximum Gasteiger partial charge on any atom is 0.315 e. The molecule has 0 amide bonds. The molecule has 0 spiro atoms. The van der Waals surface area contributed by atoms with Gasteiger partial charge in [0.15, 0.2) is 0 Å². The summed E-state index contributed by atoms with van der Waals surface area (Å²) < 4.78 is 17.5. The minimum Gasteiger partial charge on any atom is -0.468 e. The third-order valence-corrected chi connectivity index (χ3v) is 3.22. The van der Waals surface area contributed by atoms with Crippen molar-refractivity contribution >= 4 is 35.0 Å². The smallest absolute Gasteiger partial charge is 0.315 e. The van der Waals surface area contributed by atoms with Crippen molar-refractivity contribution in [2.75, 3.05) is 12.9 Å². The molecule has 0 atom stereocenters. The van der Waals surface area contributed by atoms with Gasteiger partial charge in [0.2, 0.25) is 5.82 Å². The summed E-state index contributed by atoms with van der Waals surface area (Å²) in [6, 6.07) is 1.84. The van der Waals surface area contributed by atoms with Gasteiger partial charge in [-0.25, -0.2) is 0 Å². The average Bonchev–Trinajstić information content (AvgIpc) is 2.26. The first-order chi connectivity index (χ1) is 7.95. The summed E-state index contributed by atoms with van der Waals surface area (Å²) in [6.45, 7) is 0. The number of hydrogen-bond donors (Lipinski definition) is 0. The van der Waals surface area contributed by atoms with Crippen LogP contribution in [0.5, 0.6) is 0 Å². The lowest BCUT2D eigenvalue weighted by Crippen LogP contribution is -2.03. The Morgan fingerprint density at radius 2 is 2.29 bits per heavy atom. The van der Waals surface area contributed by atoms with Gasteiger partial charge in [0.1, 0.15) is 0 Å². The lowest BCUT2D eigenvalue weighted by atomic mass is 10.3. The predicted octanol–water partition coefficient (Wildman–Crippen LogP) is 2.65. The second kappa shape index (κ2) is 5.83. The average molecular weight is 280 g/mol. The molecule has 8 heteroatoms. The van der Waals surface area contributed by atoms with E-state index in [2.05, 4.69) is 4.74 Å². The van der Waals surface area contributed by atoms with Crippen molar-refractivity contribution in [3.8, 4) is 0 Å². The normalized spacial score (nSPS) is 10.1. The molecular weight excluding hydrogens is 273 g/mol. The number of carbonyl (C=O) groups excluding carboxylic acids is 1. The van der Waals surface area contributed by atoms with E-state index in [1.807, 2.05) is 0 Å². The number of nitro benzene ring substituents is 1. The van der Waals surface area contributed by atoms with Crippen LogP contribution >= 0.6 is 23.4 Å². The highest BCUT2D eigenvalue weighted by molar-refractivity contribution is 8.00. The molecule has 0 aliphatic heterocycles. The van der Waals surface area contributed by atoms with Gasteiger partial charge in [0, 0.05) is 17.0 Å². The molecule has 0 aliphatic rings. The van der Waals surface area contributed by atoms with Gasteiger partial charge in [0.25, 0.3) is 0 Å². The number of esters is 1. The summed E-state index contributed by atoms with van der Waals surface area (Å²) in [4.78, 5) is 20.8. The maximum absolute atomic E-state index is 13.1. The van der Waals surface area contributed by atoms with E-state index in [0.29, 0.717) is 0 Å². The molecule has 1 aromatic carbocycles.